The van der Waals surface area contributed by atoms with Gasteiger partial charge in [0.25, 0.3) is 0 Å². The molecular weight excluding hydrogens is 302 g/mol. The fraction of sp³-hybridized carbons (Fsp3) is 0.125. The Morgan fingerprint density at radius 1 is 1.09 bits per heavy atom. The predicted octanol–water partition coefficient (Wildman–Crippen LogP) is 2.78. The second kappa shape index (κ2) is 7.17. The minimum atomic E-state index is -0.710. The van der Waals surface area contributed by atoms with Crippen molar-refractivity contribution in [1.29, 1.82) is 0 Å². The third kappa shape index (κ3) is 4.37. The van der Waals surface area contributed by atoms with E-state index in [0.29, 0.717) is 5.56 Å². The summed E-state index contributed by atoms with van der Waals surface area (Å²) in [5.41, 5.74) is 0.270. The summed E-state index contributed by atoms with van der Waals surface area (Å²) in [4.78, 5) is 33.1. The van der Waals surface area contributed by atoms with Crippen molar-refractivity contribution in [3.05, 3.63) is 64.2 Å². The van der Waals surface area contributed by atoms with E-state index in [1.54, 1.807) is 6.07 Å². The topological polar surface area (TPSA) is 95.7 Å². The van der Waals surface area contributed by atoms with E-state index in [0.717, 1.165) is 0 Å². The molecular formula is C16H13NO6. The number of para-hydroxylation sites is 2. The molecule has 2 rings (SSSR count). The van der Waals surface area contributed by atoms with E-state index in [1.165, 1.54) is 49.4 Å². The standard InChI is InChI=1S/C16H13NO6/c1-11(18)12-6-8-13(9-7-12)23-16(19)10-22-15-5-3-2-4-14(15)17(20)21/h2-9H,10H2,1H3. The van der Waals surface area contributed by atoms with Gasteiger partial charge >= 0.3 is 11.7 Å². The van der Waals surface area contributed by atoms with Crippen molar-refractivity contribution < 1.29 is 24.0 Å². The summed E-state index contributed by atoms with van der Waals surface area (Å²) in [5, 5.41) is 10.8. The van der Waals surface area contributed by atoms with E-state index < -0.39 is 17.5 Å². The molecule has 0 aromatic heterocycles. The highest BCUT2D eigenvalue weighted by molar-refractivity contribution is 5.94. The predicted molar refractivity (Wildman–Crippen MR) is 80.7 cm³/mol. The van der Waals surface area contributed by atoms with E-state index in [-0.39, 0.29) is 23.0 Å². The molecule has 23 heavy (non-hydrogen) atoms. The summed E-state index contributed by atoms with van der Waals surface area (Å²) in [7, 11) is 0. The second-order valence-electron chi connectivity index (χ2n) is 4.57. The zero-order valence-corrected chi connectivity index (χ0v) is 12.2. The number of ketones is 1. The van der Waals surface area contributed by atoms with Crippen molar-refractivity contribution in [3.63, 3.8) is 0 Å². The molecule has 7 nitrogen and oxygen atoms in total. The number of nitrogens with zero attached hydrogens (tertiary/aromatic N) is 1. The van der Waals surface area contributed by atoms with E-state index in [4.69, 9.17) is 9.47 Å². The van der Waals surface area contributed by atoms with Gasteiger partial charge in [0.15, 0.2) is 18.1 Å². The lowest BCUT2D eigenvalue weighted by atomic mass is 10.1. The van der Waals surface area contributed by atoms with Crippen LogP contribution < -0.4 is 9.47 Å². The van der Waals surface area contributed by atoms with Crippen molar-refractivity contribution in [1.82, 2.24) is 0 Å². The Labute approximate surface area is 131 Å². The summed E-state index contributed by atoms with van der Waals surface area (Å²) in [6, 6.07) is 11.8. The Kier molecular flexibility index (Phi) is 5.03. The monoisotopic (exact) mass is 315 g/mol. The minimum Gasteiger partial charge on any atom is -0.475 e. The van der Waals surface area contributed by atoms with Crippen molar-refractivity contribution in [3.8, 4) is 11.5 Å². The molecule has 0 amide bonds. The van der Waals surface area contributed by atoms with Gasteiger partial charge in [0.2, 0.25) is 0 Å². The number of carbonyl (C=O) groups is 2. The first kappa shape index (κ1) is 16.2. The van der Waals surface area contributed by atoms with Crippen molar-refractivity contribution in [2.45, 2.75) is 6.92 Å². The van der Waals surface area contributed by atoms with Gasteiger partial charge in [-0.15, -0.1) is 0 Å². The lowest BCUT2D eigenvalue weighted by molar-refractivity contribution is -0.385. The Hall–Kier alpha value is -3.22. The maximum atomic E-state index is 11.7. The first-order chi connectivity index (χ1) is 11.0. The normalized spacial score (nSPS) is 9.96. The first-order valence-electron chi connectivity index (χ1n) is 6.65. The first-order valence-corrected chi connectivity index (χ1v) is 6.65. The number of carbonyl (C=O) groups excluding carboxylic acids is 2. The fourth-order valence-corrected chi connectivity index (χ4v) is 1.79. The van der Waals surface area contributed by atoms with Crippen LogP contribution in [0.2, 0.25) is 0 Å². The summed E-state index contributed by atoms with van der Waals surface area (Å²) >= 11 is 0. The number of ether oxygens (including phenoxy) is 2. The third-order valence-corrected chi connectivity index (χ3v) is 2.90. The molecule has 2 aromatic rings. The zero-order chi connectivity index (χ0) is 16.8. The molecule has 7 heteroatoms. The van der Waals surface area contributed by atoms with Gasteiger partial charge in [0, 0.05) is 11.6 Å². The number of nitro benzene ring substituents is 1. The lowest BCUT2D eigenvalue weighted by Crippen LogP contribution is -2.18. The number of benzene rings is 2. The van der Waals surface area contributed by atoms with Crippen molar-refractivity contribution in [2.24, 2.45) is 0 Å². The van der Waals surface area contributed by atoms with Gasteiger partial charge in [-0.2, -0.15) is 0 Å². The molecule has 0 unspecified atom stereocenters. The van der Waals surface area contributed by atoms with E-state index in [1.807, 2.05) is 0 Å². The SMILES string of the molecule is CC(=O)c1ccc(OC(=O)COc2ccccc2[N+](=O)[O-])cc1. The maximum absolute atomic E-state index is 11.7. The highest BCUT2D eigenvalue weighted by Gasteiger charge is 2.15. The number of esters is 1. The maximum Gasteiger partial charge on any atom is 0.349 e. The average Bonchev–Trinajstić information content (AvgIpc) is 2.53. The summed E-state index contributed by atoms with van der Waals surface area (Å²) < 4.78 is 10.2. The number of rotatable bonds is 6. The van der Waals surface area contributed by atoms with Crippen LogP contribution in [0.25, 0.3) is 0 Å². The molecule has 0 spiro atoms. The third-order valence-electron chi connectivity index (χ3n) is 2.90. The smallest absolute Gasteiger partial charge is 0.349 e. The quantitative estimate of drug-likeness (QED) is 0.267. The van der Waals surface area contributed by atoms with Crippen molar-refractivity contribution >= 4 is 17.4 Å². The van der Waals surface area contributed by atoms with Gasteiger partial charge in [0.1, 0.15) is 5.75 Å². The molecule has 0 fully saturated rings. The van der Waals surface area contributed by atoms with Crippen LogP contribution in [0, 0.1) is 10.1 Å². The highest BCUT2D eigenvalue weighted by atomic mass is 16.6. The Morgan fingerprint density at radius 2 is 1.74 bits per heavy atom. The van der Waals surface area contributed by atoms with Crippen LogP contribution in [0.15, 0.2) is 48.5 Å². The largest absolute Gasteiger partial charge is 0.475 e. The molecule has 0 saturated carbocycles. The van der Waals surface area contributed by atoms with Crippen molar-refractivity contribution in [2.75, 3.05) is 6.61 Å². The Bertz CT molecular complexity index is 738. The lowest BCUT2D eigenvalue weighted by Gasteiger charge is -2.07. The van der Waals surface area contributed by atoms with Crippen LogP contribution >= 0.6 is 0 Å². The summed E-state index contributed by atoms with van der Waals surface area (Å²) in [6.45, 7) is 0.959. The number of Topliss-reactive ketones (excluding diaryl/α,β-unsaturated/α-hetero) is 1. The van der Waals surface area contributed by atoms with Gasteiger partial charge in [-0.3, -0.25) is 14.9 Å². The summed E-state index contributed by atoms with van der Waals surface area (Å²) in [5.74, 6) is -0.561. The summed E-state index contributed by atoms with van der Waals surface area (Å²) in [6.07, 6.45) is 0. The number of hydrogen-bond donors (Lipinski definition) is 0. The molecule has 0 bridgehead atoms. The molecule has 0 aliphatic carbocycles. The van der Waals surface area contributed by atoms with Gasteiger partial charge in [0.05, 0.1) is 4.92 Å². The van der Waals surface area contributed by atoms with Crippen LogP contribution in [-0.4, -0.2) is 23.3 Å². The average molecular weight is 315 g/mol. The zero-order valence-electron chi connectivity index (χ0n) is 12.2. The van der Waals surface area contributed by atoms with Gasteiger partial charge < -0.3 is 9.47 Å². The molecule has 0 saturated heterocycles. The fourth-order valence-electron chi connectivity index (χ4n) is 1.79. The molecule has 0 radical (unpaired) electrons. The molecule has 0 aliphatic heterocycles. The number of hydrogen-bond acceptors (Lipinski definition) is 6. The van der Waals surface area contributed by atoms with Gasteiger partial charge in [-0.05, 0) is 37.3 Å². The Morgan fingerprint density at radius 3 is 2.35 bits per heavy atom. The van der Waals surface area contributed by atoms with E-state index >= 15 is 0 Å². The molecule has 118 valence electrons. The molecule has 2 aromatic carbocycles. The van der Waals surface area contributed by atoms with E-state index in [9.17, 15) is 19.7 Å². The van der Waals surface area contributed by atoms with Crippen LogP contribution in [0.3, 0.4) is 0 Å². The molecule has 0 atom stereocenters. The Balaban J connectivity index is 1.95. The van der Waals surface area contributed by atoms with Crippen LogP contribution in [0.1, 0.15) is 17.3 Å². The van der Waals surface area contributed by atoms with Crippen LogP contribution in [0.4, 0.5) is 5.69 Å². The molecule has 0 aliphatic rings. The molecule has 0 N–H and O–H groups in total. The van der Waals surface area contributed by atoms with Gasteiger partial charge in [-0.25, -0.2) is 4.79 Å². The van der Waals surface area contributed by atoms with Gasteiger partial charge in [-0.1, -0.05) is 12.1 Å². The second-order valence-corrected chi connectivity index (χ2v) is 4.57. The molecule has 0 heterocycles. The highest BCUT2D eigenvalue weighted by Crippen LogP contribution is 2.25. The van der Waals surface area contributed by atoms with Crippen LogP contribution in [-0.2, 0) is 4.79 Å². The van der Waals surface area contributed by atoms with Crippen LogP contribution in [0.5, 0.6) is 11.5 Å². The van der Waals surface area contributed by atoms with E-state index in [2.05, 4.69) is 0 Å². The minimum absolute atomic E-state index is 0.0126. The number of nitro groups is 1.